The van der Waals surface area contributed by atoms with Gasteiger partial charge in [-0.15, -0.1) is 0 Å². The Bertz CT molecular complexity index is 493. The molecule has 5 heteroatoms. The van der Waals surface area contributed by atoms with Crippen LogP contribution in [-0.4, -0.2) is 41.5 Å². The number of piperidine rings is 1. The van der Waals surface area contributed by atoms with E-state index in [1.165, 1.54) is 32.1 Å². The number of carbonyl (C=O) groups is 1. The number of hydrogen-bond donors (Lipinski definition) is 1. The second-order valence-corrected chi connectivity index (χ2v) is 6.40. The third-order valence-corrected chi connectivity index (χ3v) is 4.49. The summed E-state index contributed by atoms with van der Waals surface area (Å²) < 4.78 is 5.65. The van der Waals surface area contributed by atoms with Crippen LogP contribution in [0.1, 0.15) is 39.0 Å². The second-order valence-electron chi connectivity index (χ2n) is 6.40. The van der Waals surface area contributed by atoms with Crippen molar-refractivity contribution in [1.82, 2.24) is 9.88 Å². The van der Waals surface area contributed by atoms with E-state index in [9.17, 15) is 4.79 Å². The Hall–Kier alpha value is -1.62. The van der Waals surface area contributed by atoms with E-state index in [-0.39, 0.29) is 11.9 Å². The molecular weight excluding hydrogens is 278 g/mol. The maximum absolute atomic E-state index is 12.3. The van der Waals surface area contributed by atoms with Crippen LogP contribution in [0.2, 0.25) is 0 Å². The topological polar surface area (TPSA) is 54.5 Å². The van der Waals surface area contributed by atoms with Gasteiger partial charge < -0.3 is 10.1 Å². The molecule has 1 saturated heterocycles. The average molecular weight is 303 g/mol. The lowest BCUT2D eigenvalue weighted by atomic mass is 10.1. The Morgan fingerprint density at radius 2 is 2.14 bits per heavy atom. The number of amides is 1. The molecule has 1 aromatic rings. The van der Waals surface area contributed by atoms with Crippen molar-refractivity contribution < 1.29 is 9.53 Å². The normalized spacial score (nSPS) is 20.4. The molecule has 0 spiro atoms. The quantitative estimate of drug-likeness (QED) is 0.878. The van der Waals surface area contributed by atoms with Gasteiger partial charge in [0.05, 0.1) is 18.8 Å². The minimum Gasteiger partial charge on any atom is -0.492 e. The zero-order valence-corrected chi connectivity index (χ0v) is 13.3. The van der Waals surface area contributed by atoms with E-state index in [4.69, 9.17) is 4.74 Å². The van der Waals surface area contributed by atoms with Crippen molar-refractivity contribution >= 4 is 11.7 Å². The molecule has 3 rings (SSSR count). The molecule has 0 bridgehead atoms. The van der Waals surface area contributed by atoms with Gasteiger partial charge in [-0.25, -0.2) is 4.98 Å². The zero-order chi connectivity index (χ0) is 15.4. The summed E-state index contributed by atoms with van der Waals surface area (Å²) in [6.45, 7) is 4.76. The van der Waals surface area contributed by atoms with Crippen molar-refractivity contribution in [1.29, 1.82) is 0 Å². The molecule has 1 saturated carbocycles. The first-order chi connectivity index (χ1) is 10.7. The van der Waals surface area contributed by atoms with E-state index in [0.29, 0.717) is 5.82 Å². The highest BCUT2D eigenvalue weighted by Gasteiger charge is 2.23. The molecular formula is C17H25N3O2. The van der Waals surface area contributed by atoms with Crippen molar-refractivity contribution in [2.75, 3.05) is 25.0 Å². The van der Waals surface area contributed by atoms with Crippen LogP contribution in [0.3, 0.4) is 0 Å². The summed E-state index contributed by atoms with van der Waals surface area (Å²) in [5, 5.41) is 2.90. The van der Waals surface area contributed by atoms with Gasteiger partial charge in [0.15, 0.2) is 0 Å². The molecule has 0 aromatic carbocycles. The van der Waals surface area contributed by atoms with Gasteiger partial charge in [0.1, 0.15) is 11.6 Å². The van der Waals surface area contributed by atoms with Crippen LogP contribution in [0.4, 0.5) is 5.82 Å². The number of ether oxygens (including phenoxy) is 1. The first-order valence-electron chi connectivity index (χ1n) is 8.36. The van der Waals surface area contributed by atoms with Crippen LogP contribution in [-0.2, 0) is 4.79 Å². The lowest BCUT2D eigenvalue weighted by molar-refractivity contribution is -0.121. The van der Waals surface area contributed by atoms with E-state index in [2.05, 4.69) is 15.2 Å². The van der Waals surface area contributed by atoms with E-state index in [1.807, 2.05) is 19.1 Å². The van der Waals surface area contributed by atoms with Gasteiger partial charge in [-0.05, 0) is 63.7 Å². The van der Waals surface area contributed by atoms with Crippen LogP contribution in [0.5, 0.6) is 5.75 Å². The number of anilines is 1. The van der Waals surface area contributed by atoms with Gasteiger partial charge in [-0.2, -0.15) is 0 Å². The van der Waals surface area contributed by atoms with Crippen molar-refractivity contribution in [3.63, 3.8) is 0 Å². The predicted molar refractivity (Wildman–Crippen MR) is 86.0 cm³/mol. The van der Waals surface area contributed by atoms with E-state index in [1.54, 1.807) is 6.20 Å². The Balaban J connectivity index is 1.49. The molecule has 2 aliphatic rings. The summed E-state index contributed by atoms with van der Waals surface area (Å²) in [6.07, 6.45) is 7.87. The number of hydrogen-bond acceptors (Lipinski definition) is 4. The standard InChI is InChI=1S/C17H25N3O2/c1-13(20-9-3-2-4-10-20)17(21)19-16-8-7-15(11-18-16)22-12-14-5-6-14/h7-8,11,13-14H,2-6,9-10,12H2,1H3,(H,18,19,21). The highest BCUT2D eigenvalue weighted by atomic mass is 16.5. The lowest BCUT2D eigenvalue weighted by Crippen LogP contribution is -2.44. The molecule has 1 N–H and O–H groups in total. The Kier molecular flexibility index (Phi) is 4.93. The molecule has 1 aliphatic carbocycles. The number of carbonyl (C=O) groups excluding carboxylic acids is 1. The second kappa shape index (κ2) is 7.09. The molecule has 5 nitrogen and oxygen atoms in total. The van der Waals surface area contributed by atoms with Crippen LogP contribution in [0, 0.1) is 5.92 Å². The molecule has 120 valence electrons. The Morgan fingerprint density at radius 3 is 2.77 bits per heavy atom. The number of pyridine rings is 1. The first kappa shape index (κ1) is 15.3. The first-order valence-corrected chi connectivity index (χ1v) is 8.36. The van der Waals surface area contributed by atoms with E-state index >= 15 is 0 Å². The van der Waals surface area contributed by atoms with Gasteiger partial charge >= 0.3 is 0 Å². The average Bonchev–Trinajstić information content (AvgIpc) is 3.38. The molecule has 0 radical (unpaired) electrons. The summed E-state index contributed by atoms with van der Waals surface area (Å²) in [5.74, 6) is 2.10. The molecule has 1 atom stereocenters. The maximum Gasteiger partial charge on any atom is 0.242 e. The number of nitrogens with zero attached hydrogens (tertiary/aromatic N) is 2. The van der Waals surface area contributed by atoms with Crippen LogP contribution in [0.25, 0.3) is 0 Å². The number of aromatic nitrogens is 1. The number of nitrogens with one attached hydrogen (secondary N) is 1. The highest BCUT2D eigenvalue weighted by molar-refractivity contribution is 5.93. The smallest absolute Gasteiger partial charge is 0.242 e. The fraction of sp³-hybridized carbons (Fsp3) is 0.647. The number of likely N-dealkylation sites (tertiary alicyclic amines) is 1. The van der Waals surface area contributed by atoms with Crippen molar-refractivity contribution in [2.24, 2.45) is 5.92 Å². The molecule has 2 fully saturated rings. The number of rotatable bonds is 6. The van der Waals surface area contributed by atoms with Gasteiger partial charge in [-0.1, -0.05) is 6.42 Å². The largest absolute Gasteiger partial charge is 0.492 e. The van der Waals surface area contributed by atoms with Crippen molar-refractivity contribution in [2.45, 2.75) is 45.1 Å². The zero-order valence-electron chi connectivity index (χ0n) is 13.3. The summed E-state index contributed by atoms with van der Waals surface area (Å²) in [5.41, 5.74) is 0. The van der Waals surface area contributed by atoms with E-state index in [0.717, 1.165) is 31.4 Å². The summed E-state index contributed by atoms with van der Waals surface area (Å²) >= 11 is 0. The monoisotopic (exact) mass is 303 g/mol. The minimum atomic E-state index is -0.104. The Morgan fingerprint density at radius 1 is 1.36 bits per heavy atom. The third kappa shape index (κ3) is 4.19. The predicted octanol–water partition coefficient (Wildman–Crippen LogP) is 2.68. The van der Waals surface area contributed by atoms with Crippen LogP contribution in [0.15, 0.2) is 18.3 Å². The molecule has 2 heterocycles. The molecule has 1 unspecified atom stereocenters. The molecule has 1 amide bonds. The van der Waals surface area contributed by atoms with Gasteiger partial charge in [-0.3, -0.25) is 9.69 Å². The maximum atomic E-state index is 12.3. The fourth-order valence-corrected chi connectivity index (χ4v) is 2.74. The molecule has 1 aromatic heterocycles. The van der Waals surface area contributed by atoms with Crippen LogP contribution >= 0.6 is 0 Å². The summed E-state index contributed by atoms with van der Waals surface area (Å²) in [7, 11) is 0. The molecule has 1 aliphatic heterocycles. The van der Waals surface area contributed by atoms with E-state index < -0.39 is 0 Å². The van der Waals surface area contributed by atoms with Crippen LogP contribution < -0.4 is 10.1 Å². The minimum absolute atomic E-state index is 0.0149. The molecule has 22 heavy (non-hydrogen) atoms. The van der Waals surface area contributed by atoms with Crippen molar-refractivity contribution in [3.05, 3.63) is 18.3 Å². The van der Waals surface area contributed by atoms with Crippen molar-refractivity contribution in [3.8, 4) is 5.75 Å². The lowest BCUT2D eigenvalue weighted by Gasteiger charge is -2.31. The SMILES string of the molecule is CC(C(=O)Nc1ccc(OCC2CC2)cn1)N1CCCCC1. The van der Waals surface area contributed by atoms with Gasteiger partial charge in [0, 0.05) is 0 Å². The summed E-state index contributed by atoms with van der Waals surface area (Å²) in [6, 6.07) is 3.58. The van der Waals surface area contributed by atoms with Gasteiger partial charge in [0.25, 0.3) is 0 Å². The highest BCUT2D eigenvalue weighted by Crippen LogP contribution is 2.29. The van der Waals surface area contributed by atoms with Gasteiger partial charge in [0.2, 0.25) is 5.91 Å². The summed E-state index contributed by atoms with van der Waals surface area (Å²) in [4.78, 5) is 18.8. The fourth-order valence-electron chi connectivity index (χ4n) is 2.74. The third-order valence-electron chi connectivity index (χ3n) is 4.49. The Labute approximate surface area is 132 Å².